The van der Waals surface area contributed by atoms with Crippen molar-refractivity contribution in [3.05, 3.63) is 53.6 Å². The van der Waals surface area contributed by atoms with Gasteiger partial charge in [0.25, 0.3) is 5.91 Å². The molecule has 2 N–H and O–H groups in total. The molecule has 9 heteroatoms. The number of benzene rings is 2. The maximum absolute atomic E-state index is 12.2. The second-order valence-corrected chi connectivity index (χ2v) is 7.50. The molecule has 2 aromatic carbocycles. The summed E-state index contributed by atoms with van der Waals surface area (Å²) in [5.74, 6) is -0.906. The fourth-order valence-electron chi connectivity index (χ4n) is 2.26. The van der Waals surface area contributed by atoms with E-state index in [4.69, 9.17) is 9.47 Å². The van der Waals surface area contributed by atoms with E-state index in [0.29, 0.717) is 11.4 Å². The lowest BCUT2D eigenvalue weighted by Gasteiger charge is -2.12. The van der Waals surface area contributed by atoms with Gasteiger partial charge in [-0.1, -0.05) is 18.2 Å². The lowest BCUT2D eigenvalue weighted by molar-refractivity contribution is -0.119. The Morgan fingerprint density at radius 2 is 1.78 bits per heavy atom. The number of methoxy groups -OCH3 is 1. The number of aryl methyl sites for hydroxylation is 1. The largest absolute Gasteiger partial charge is 0.495 e. The van der Waals surface area contributed by atoms with E-state index >= 15 is 0 Å². The minimum Gasteiger partial charge on any atom is -0.495 e. The van der Waals surface area contributed by atoms with Gasteiger partial charge in [0.2, 0.25) is 10.0 Å². The van der Waals surface area contributed by atoms with E-state index in [0.717, 1.165) is 11.8 Å². The molecule has 2 rings (SSSR count). The Morgan fingerprint density at radius 3 is 2.44 bits per heavy atom. The fraction of sp³-hybridized carbons (Fsp3) is 0.222. The molecule has 0 fully saturated rings. The number of sulfonamides is 1. The molecule has 0 heterocycles. The summed E-state index contributed by atoms with van der Waals surface area (Å²) in [5.41, 5.74) is 1.45. The highest BCUT2D eigenvalue weighted by Gasteiger charge is 2.17. The number of esters is 1. The van der Waals surface area contributed by atoms with Crippen LogP contribution in [0.25, 0.3) is 0 Å². The maximum Gasteiger partial charge on any atom is 0.340 e. The average Bonchev–Trinajstić information content (AvgIpc) is 2.59. The molecule has 0 spiro atoms. The number of nitrogens with one attached hydrogen (secondary N) is 2. The van der Waals surface area contributed by atoms with Crippen LogP contribution in [0.15, 0.2) is 42.5 Å². The molecule has 0 bridgehead atoms. The van der Waals surface area contributed by atoms with Gasteiger partial charge in [-0.05, 0) is 36.8 Å². The van der Waals surface area contributed by atoms with Gasteiger partial charge >= 0.3 is 5.97 Å². The first-order chi connectivity index (χ1) is 12.7. The number of hydrogen-bond donors (Lipinski definition) is 2. The van der Waals surface area contributed by atoms with Crippen LogP contribution in [0.3, 0.4) is 0 Å². The van der Waals surface area contributed by atoms with E-state index in [1.54, 1.807) is 24.3 Å². The molecule has 0 aliphatic carbocycles. The minimum absolute atomic E-state index is 0.00358. The molecule has 0 aliphatic rings. The van der Waals surface area contributed by atoms with Crippen LogP contribution in [-0.4, -0.2) is 40.3 Å². The van der Waals surface area contributed by atoms with Gasteiger partial charge in [-0.2, -0.15) is 0 Å². The molecular weight excluding hydrogens is 372 g/mol. The van der Waals surface area contributed by atoms with Crippen molar-refractivity contribution in [2.24, 2.45) is 0 Å². The molecule has 144 valence electrons. The lowest BCUT2D eigenvalue weighted by atomic mass is 10.2. The Bertz CT molecular complexity index is 956. The molecular formula is C18H20N2O6S. The summed E-state index contributed by atoms with van der Waals surface area (Å²) >= 11 is 0. The summed E-state index contributed by atoms with van der Waals surface area (Å²) in [6.07, 6.45) is 0.970. The summed E-state index contributed by atoms with van der Waals surface area (Å²) in [4.78, 5) is 24.3. The highest BCUT2D eigenvalue weighted by molar-refractivity contribution is 7.92. The van der Waals surface area contributed by atoms with Crippen molar-refractivity contribution in [3.63, 3.8) is 0 Å². The molecule has 1 amide bonds. The van der Waals surface area contributed by atoms with Crippen molar-refractivity contribution in [1.29, 1.82) is 0 Å². The van der Waals surface area contributed by atoms with E-state index in [1.165, 1.54) is 19.2 Å². The summed E-state index contributed by atoms with van der Waals surface area (Å²) in [7, 11) is -2.09. The highest BCUT2D eigenvalue weighted by atomic mass is 32.2. The van der Waals surface area contributed by atoms with Crippen molar-refractivity contribution >= 4 is 33.3 Å². The summed E-state index contributed by atoms with van der Waals surface area (Å²) in [5, 5.41) is 2.61. The van der Waals surface area contributed by atoms with E-state index in [1.807, 2.05) is 13.0 Å². The quantitative estimate of drug-likeness (QED) is 0.699. The van der Waals surface area contributed by atoms with E-state index in [9.17, 15) is 18.0 Å². The van der Waals surface area contributed by atoms with Gasteiger partial charge in [-0.3, -0.25) is 9.52 Å². The number of carbonyl (C=O) groups is 2. The van der Waals surface area contributed by atoms with Crippen LogP contribution in [0, 0.1) is 6.92 Å². The average molecular weight is 392 g/mol. The number of carbonyl (C=O) groups excluding carboxylic acids is 2. The van der Waals surface area contributed by atoms with Crippen LogP contribution < -0.4 is 14.8 Å². The topological polar surface area (TPSA) is 111 Å². The van der Waals surface area contributed by atoms with Crippen molar-refractivity contribution < 1.29 is 27.5 Å². The van der Waals surface area contributed by atoms with Crippen LogP contribution in [0.4, 0.5) is 11.4 Å². The van der Waals surface area contributed by atoms with Gasteiger partial charge in [0, 0.05) is 0 Å². The molecule has 2 aromatic rings. The first-order valence-corrected chi connectivity index (χ1v) is 9.77. The summed E-state index contributed by atoms with van der Waals surface area (Å²) in [6.45, 7) is 1.32. The molecule has 0 atom stereocenters. The third-order valence-corrected chi connectivity index (χ3v) is 4.00. The van der Waals surface area contributed by atoms with Crippen LogP contribution in [0.5, 0.6) is 5.75 Å². The van der Waals surface area contributed by atoms with Gasteiger partial charge in [0.15, 0.2) is 6.61 Å². The smallest absolute Gasteiger partial charge is 0.340 e. The Morgan fingerprint density at radius 1 is 1.07 bits per heavy atom. The van der Waals surface area contributed by atoms with E-state index in [-0.39, 0.29) is 11.3 Å². The zero-order chi connectivity index (χ0) is 20.0. The SMILES string of the molecule is COc1ccc(C)cc1NC(=O)COC(=O)c1ccccc1NS(C)(=O)=O. The van der Waals surface area contributed by atoms with Crippen molar-refractivity contribution in [1.82, 2.24) is 0 Å². The molecule has 0 aliphatic heterocycles. The summed E-state index contributed by atoms with van der Waals surface area (Å²) in [6, 6.07) is 11.2. The number of anilines is 2. The van der Waals surface area contributed by atoms with Crippen LogP contribution in [0.2, 0.25) is 0 Å². The number of rotatable bonds is 7. The van der Waals surface area contributed by atoms with Gasteiger partial charge in [0.1, 0.15) is 5.75 Å². The van der Waals surface area contributed by atoms with Gasteiger partial charge in [-0.15, -0.1) is 0 Å². The Hall–Kier alpha value is -3.07. The Kier molecular flexibility index (Phi) is 6.40. The van der Waals surface area contributed by atoms with Crippen molar-refractivity contribution in [2.75, 3.05) is 30.0 Å². The first kappa shape index (κ1) is 20.2. The normalized spacial score (nSPS) is 10.8. The second kappa shape index (κ2) is 8.54. The number of hydrogen-bond acceptors (Lipinski definition) is 6. The lowest BCUT2D eigenvalue weighted by Crippen LogP contribution is -2.22. The Balaban J connectivity index is 2.04. The number of para-hydroxylation sites is 1. The standard InChI is InChI=1S/C18H20N2O6S/c1-12-8-9-16(25-2)15(10-12)19-17(21)11-26-18(22)13-6-4-5-7-14(13)20-27(3,23)24/h4-10,20H,11H2,1-3H3,(H,19,21). The molecule has 0 unspecified atom stereocenters. The monoisotopic (exact) mass is 392 g/mol. The van der Waals surface area contributed by atoms with Gasteiger partial charge in [-0.25, -0.2) is 13.2 Å². The van der Waals surface area contributed by atoms with Gasteiger partial charge < -0.3 is 14.8 Å². The van der Waals surface area contributed by atoms with Gasteiger partial charge in [0.05, 0.1) is 30.3 Å². The third kappa shape index (κ3) is 6.00. The zero-order valence-corrected chi connectivity index (χ0v) is 15.9. The zero-order valence-electron chi connectivity index (χ0n) is 15.1. The molecule has 0 aromatic heterocycles. The van der Waals surface area contributed by atoms with Crippen LogP contribution in [-0.2, 0) is 19.6 Å². The maximum atomic E-state index is 12.2. The minimum atomic E-state index is -3.57. The van der Waals surface area contributed by atoms with E-state index in [2.05, 4.69) is 10.0 Å². The van der Waals surface area contributed by atoms with E-state index < -0.39 is 28.5 Å². The highest BCUT2D eigenvalue weighted by Crippen LogP contribution is 2.25. The van der Waals surface area contributed by atoms with Crippen LogP contribution in [0.1, 0.15) is 15.9 Å². The molecule has 0 saturated carbocycles. The van der Waals surface area contributed by atoms with Crippen LogP contribution >= 0.6 is 0 Å². The Labute approximate surface area is 157 Å². The predicted octanol–water partition coefficient (Wildman–Crippen LogP) is 2.17. The molecule has 8 nitrogen and oxygen atoms in total. The fourth-order valence-corrected chi connectivity index (χ4v) is 2.84. The first-order valence-electron chi connectivity index (χ1n) is 7.88. The number of amides is 1. The molecule has 27 heavy (non-hydrogen) atoms. The summed E-state index contributed by atoms with van der Waals surface area (Å²) < 4.78 is 35.2. The molecule has 0 saturated heterocycles. The van der Waals surface area contributed by atoms with Crippen molar-refractivity contribution in [2.45, 2.75) is 6.92 Å². The van der Waals surface area contributed by atoms with Crippen molar-refractivity contribution in [3.8, 4) is 5.75 Å². The number of ether oxygens (including phenoxy) is 2. The predicted molar refractivity (Wildman–Crippen MR) is 102 cm³/mol. The second-order valence-electron chi connectivity index (χ2n) is 5.75. The molecule has 0 radical (unpaired) electrons. The third-order valence-electron chi connectivity index (χ3n) is 3.41.